The van der Waals surface area contributed by atoms with Crippen molar-refractivity contribution in [3.8, 4) is 5.75 Å². The van der Waals surface area contributed by atoms with Gasteiger partial charge in [-0.15, -0.1) is 12.4 Å². The Labute approximate surface area is 254 Å². The van der Waals surface area contributed by atoms with Gasteiger partial charge in [0, 0.05) is 17.5 Å². The third-order valence-electron chi connectivity index (χ3n) is 6.75. The molecule has 1 unspecified atom stereocenters. The molecule has 2 amide bonds. The van der Waals surface area contributed by atoms with E-state index in [0.717, 1.165) is 4.90 Å². The number of nitrogens with zero attached hydrogens (tertiary/aromatic N) is 3. The Bertz CT molecular complexity index is 1340. The second-order valence-electron chi connectivity index (χ2n) is 9.53. The summed E-state index contributed by atoms with van der Waals surface area (Å²) < 4.78 is 5.43. The van der Waals surface area contributed by atoms with E-state index in [1.807, 2.05) is 6.92 Å². The number of nitro benzene ring substituents is 1. The molecule has 0 radical (unpaired) electrons. The molecular weight excluding hydrogens is 591 g/mol. The normalized spacial score (nSPS) is 15.6. The van der Waals surface area contributed by atoms with E-state index in [1.54, 1.807) is 25.1 Å². The van der Waals surface area contributed by atoms with Gasteiger partial charge in [0.1, 0.15) is 17.1 Å². The molecule has 2 aromatic rings. The Kier molecular flexibility index (Phi) is 13.2. The molecule has 1 heterocycles. The number of carbonyl (C=O) groups excluding carboxylic acids is 2. The van der Waals surface area contributed by atoms with Crippen LogP contribution in [0.1, 0.15) is 60.5 Å². The van der Waals surface area contributed by atoms with Gasteiger partial charge in [-0.2, -0.15) is 0 Å². The molecule has 12 nitrogen and oxygen atoms in total. The number of carbonyl (C=O) groups is 3. The Hall–Kier alpha value is -3.74. The largest absolute Gasteiger partial charge is 0.496 e. The number of ether oxygens (including phenoxy) is 1. The smallest absolute Gasteiger partial charge is 0.342 e. The zero-order chi connectivity index (χ0) is 30.1. The van der Waals surface area contributed by atoms with Crippen LogP contribution in [-0.2, 0) is 20.8 Å². The summed E-state index contributed by atoms with van der Waals surface area (Å²) >= 11 is 6.19. The first-order valence-corrected chi connectivity index (χ1v) is 13.6. The van der Waals surface area contributed by atoms with E-state index in [0.29, 0.717) is 47.2 Å². The Morgan fingerprint density at radius 1 is 1.26 bits per heavy atom. The molecule has 0 aliphatic carbocycles. The second kappa shape index (κ2) is 16.0. The summed E-state index contributed by atoms with van der Waals surface area (Å²) in [5.41, 5.74) is 2.85. The number of nitrogens with one attached hydrogen (secondary N) is 1. The van der Waals surface area contributed by atoms with Crippen molar-refractivity contribution in [3.63, 3.8) is 0 Å². The molecule has 0 spiro atoms. The summed E-state index contributed by atoms with van der Waals surface area (Å²) in [7, 11) is 1.51. The van der Waals surface area contributed by atoms with E-state index < -0.39 is 45.8 Å². The summed E-state index contributed by atoms with van der Waals surface area (Å²) in [5, 5.41) is 21.4. The number of imide groups is 1. The van der Waals surface area contributed by atoms with Gasteiger partial charge < -0.3 is 9.84 Å². The average Bonchev–Trinajstić information content (AvgIpc) is 3.10. The number of amides is 2. The highest BCUT2D eigenvalue weighted by Gasteiger charge is 2.34. The van der Waals surface area contributed by atoms with Gasteiger partial charge in [-0.3, -0.25) is 39.9 Å². The molecule has 0 aromatic heterocycles. The number of nitro groups is 1. The molecule has 0 saturated heterocycles. The number of halogens is 2. The maximum atomic E-state index is 13.8. The topological polar surface area (TPSA) is 161 Å². The van der Waals surface area contributed by atoms with Crippen LogP contribution in [0, 0.1) is 16.0 Å². The molecule has 2 atom stereocenters. The number of amidine groups is 1. The van der Waals surface area contributed by atoms with Crippen molar-refractivity contribution in [3.05, 3.63) is 68.2 Å². The van der Waals surface area contributed by atoms with E-state index in [-0.39, 0.29) is 38.3 Å². The Balaban J connectivity index is 0.00000616. The lowest BCUT2D eigenvalue weighted by atomic mass is 9.89. The monoisotopic (exact) mass is 624 g/mol. The van der Waals surface area contributed by atoms with Crippen LogP contribution in [0.2, 0.25) is 5.02 Å². The number of aliphatic imine (C=N–C) groups is 1. The minimum atomic E-state index is -1.42. The van der Waals surface area contributed by atoms with Gasteiger partial charge in [0.2, 0.25) is 11.8 Å². The second-order valence-corrected chi connectivity index (χ2v) is 9.96. The number of methoxy groups -OCH3 is 1. The molecule has 0 bridgehead atoms. The average molecular weight is 626 g/mol. The predicted molar refractivity (Wildman–Crippen MR) is 159 cm³/mol. The summed E-state index contributed by atoms with van der Waals surface area (Å²) in [6, 6.07) is 8.93. The third-order valence-corrected chi connectivity index (χ3v) is 6.98. The van der Waals surface area contributed by atoms with Gasteiger partial charge in [-0.25, -0.2) is 4.79 Å². The van der Waals surface area contributed by atoms with Gasteiger partial charge in [0.05, 0.1) is 37.6 Å². The fraction of sp³-hybridized carbons (Fsp3) is 0.429. The van der Waals surface area contributed by atoms with Crippen LogP contribution in [-0.4, -0.2) is 65.4 Å². The van der Waals surface area contributed by atoms with E-state index in [2.05, 4.69) is 10.5 Å². The van der Waals surface area contributed by atoms with Crippen LogP contribution < -0.4 is 10.2 Å². The first kappa shape index (κ1) is 34.5. The minimum absolute atomic E-state index is 0. The zero-order valence-electron chi connectivity index (χ0n) is 23.5. The standard InChI is InChI=1S/C28H33ClN4O8.ClH/c1-4-6-17(18-7-9-22(28(36)37)23(13-18)33(38)39)14-26(34)32-16-25(31-41-5-2)30-15-20(27(32)35)11-19-12-21(29)8-10-24(19)40-3;/h7-10,12-13,17,20H,4-6,11,14-16H2,1-3H3,(H,30,31)(H,36,37);1H/t17-,20?;/m0./s1. The van der Waals surface area contributed by atoms with Crippen molar-refractivity contribution in [1.29, 1.82) is 0 Å². The highest BCUT2D eigenvalue weighted by Crippen LogP contribution is 2.32. The van der Waals surface area contributed by atoms with Crippen LogP contribution in [0.3, 0.4) is 0 Å². The number of hydrogen-bond donors (Lipinski definition) is 2. The lowest BCUT2D eigenvalue weighted by Gasteiger charge is -2.26. The number of rotatable bonds is 12. The number of carboxylic acid groups (broad SMARTS) is 1. The van der Waals surface area contributed by atoms with Gasteiger partial charge >= 0.3 is 5.97 Å². The van der Waals surface area contributed by atoms with Crippen molar-refractivity contribution in [1.82, 2.24) is 10.4 Å². The molecule has 0 saturated carbocycles. The highest BCUT2D eigenvalue weighted by molar-refractivity contribution is 6.30. The molecule has 14 heteroatoms. The lowest BCUT2D eigenvalue weighted by molar-refractivity contribution is -0.385. The number of aromatic carboxylic acids is 1. The van der Waals surface area contributed by atoms with Crippen molar-refractivity contribution in [2.75, 3.05) is 26.8 Å². The van der Waals surface area contributed by atoms with Crippen LogP contribution in [0.4, 0.5) is 5.69 Å². The van der Waals surface area contributed by atoms with E-state index in [4.69, 9.17) is 21.2 Å². The van der Waals surface area contributed by atoms with Crippen LogP contribution in [0.5, 0.6) is 5.75 Å². The molecule has 1 aliphatic rings. The first-order valence-electron chi connectivity index (χ1n) is 13.2. The fourth-order valence-electron chi connectivity index (χ4n) is 4.74. The van der Waals surface area contributed by atoms with E-state index in [9.17, 15) is 29.6 Å². The fourth-order valence-corrected chi connectivity index (χ4v) is 4.94. The third kappa shape index (κ3) is 8.63. The van der Waals surface area contributed by atoms with Crippen molar-refractivity contribution >= 4 is 53.3 Å². The van der Waals surface area contributed by atoms with E-state index in [1.165, 1.54) is 25.3 Å². The summed E-state index contributed by atoms with van der Waals surface area (Å²) in [6.45, 7) is 3.96. The molecule has 0 fully saturated rings. The molecular formula is C28H34Cl2N4O8. The molecule has 228 valence electrons. The van der Waals surface area contributed by atoms with Crippen molar-refractivity contribution in [2.45, 2.75) is 45.4 Å². The van der Waals surface area contributed by atoms with Crippen LogP contribution in [0.25, 0.3) is 0 Å². The first-order chi connectivity index (χ1) is 19.6. The van der Waals surface area contributed by atoms with Gasteiger partial charge in [-0.05, 0) is 61.1 Å². The zero-order valence-corrected chi connectivity index (χ0v) is 25.1. The molecule has 42 heavy (non-hydrogen) atoms. The van der Waals surface area contributed by atoms with Crippen molar-refractivity contribution in [2.24, 2.45) is 10.9 Å². The Morgan fingerprint density at radius 2 is 2.00 bits per heavy atom. The number of benzene rings is 2. The number of carboxylic acids is 1. The lowest BCUT2D eigenvalue weighted by Crippen LogP contribution is -2.45. The maximum absolute atomic E-state index is 13.8. The highest BCUT2D eigenvalue weighted by atomic mass is 35.5. The summed E-state index contributed by atoms with van der Waals surface area (Å²) in [4.78, 5) is 60.6. The summed E-state index contributed by atoms with van der Waals surface area (Å²) in [5.74, 6) is -2.67. The van der Waals surface area contributed by atoms with Crippen molar-refractivity contribution < 1.29 is 34.0 Å². The molecule has 2 aromatic carbocycles. The quantitative estimate of drug-likeness (QED) is 0.249. The minimum Gasteiger partial charge on any atom is -0.496 e. The number of hydrogen-bond acceptors (Lipinski definition) is 9. The van der Waals surface area contributed by atoms with Gasteiger partial charge in [-0.1, -0.05) is 31.0 Å². The van der Waals surface area contributed by atoms with Gasteiger partial charge in [0.15, 0.2) is 0 Å². The Morgan fingerprint density at radius 3 is 2.62 bits per heavy atom. The van der Waals surface area contributed by atoms with Crippen LogP contribution in [0.15, 0.2) is 41.4 Å². The molecule has 1 aliphatic heterocycles. The summed E-state index contributed by atoms with van der Waals surface area (Å²) in [6.07, 6.45) is 1.23. The number of hydroxylamine groups is 1. The molecule has 3 rings (SSSR count). The van der Waals surface area contributed by atoms with E-state index >= 15 is 0 Å². The predicted octanol–water partition coefficient (Wildman–Crippen LogP) is 4.82. The van der Waals surface area contributed by atoms with Gasteiger partial charge in [0.25, 0.3) is 5.69 Å². The molecule has 2 N–H and O–H groups in total. The SMILES string of the molecule is CCC[C@@H](CC(=O)N1CC(NOCC)=NCC(Cc2cc(Cl)ccc2OC)C1=O)c1ccc(C(=O)O)c([N+](=O)[O-])c1.Cl. The van der Waals surface area contributed by atoms with Crippen LogP contribution >= 0.6 is 24.0 Å². The maximum Gasteiger partial charge on any atom is 0.342 e.